The summed E-state index contributed by atoms with van der Waals surface area (Å²) in [5.41, 5.74) is 5.27. The quantitative estimate of drug-likeness (QED) is 0.581. The molecule has 4 rings (SSSR count). The lowest BCUT2D eigenvalue weighted by atomic mass is 10.1. The number of fused-ring (bicyclic) bond motifs is 1. The zero-order chi connectivity index (χ0) is 18.3. The van der Waals surface area contributed by atoms with E-state index in [1.54, 1.807) is 11.6 Å². The summed E-state index contributed by atoms with van der Waals surface area (Å²) in [7, 11) is 1.96. The van der Waals surface area contributed by atoms with Crippen molar-refractivity contribution in [3.8, 4) is 10.6 Å². The molecule has 3 aromatic heterocycles. The van der Waals surface area contributed by atoms with Crippen LogP contribution in [0.3, 0.4) is 0 Å². The third-order valence-corrected chi connectivity index (χ3v) is 5.22. The van der Waals surface area contributed by atoms with E-state index in [4.69, 9.17) is 0 Å². The Morgan fingerprint density at radius 2 is 2.08 bits per heavy atom. The van der Waals surface area contributed by atoms with Crippen molar-refractivity contribution >= 4 is 34.0 Å². The van der Waals surface area contributed by atoms with E-state index in [9.17, 15) is 4.79 Å². The molecule has 0 aliphatic heterocycles. The van der Waals surface area contributed by atoms with Gasteiger partial charge in [-0.1, -0.05) is 12.1 Å². The molecule has 3 heterocycles. The first-order valence-electron chi connectivity index (χ1n) is 8.27. The fourth-order valence-electron chi connectivity index (χ4n) is 2.94. The predicted molar refractivity (Wildman–Crippen MR) is 106 cm³/mol. The van der Waals surface area contributed by atoms with Crippen LogP contribution in [0.4, 0.5) is 5.69 Å². The van der Waals surface area contributed by atoms with Crippen molar-refractivity contribution in [2.45, 2.75) is 13.8 Å². The molecular weight excluding hydrogens is 344 g/mol. The predicted octanol–water partition coefficient (Wildman–Crippen LogP) is 4.57. The largest absolute Gasteiger partial charge is 0.335 e. The minimum absolute atomic E-state index is 0.195. The summed E-state index contributed by atoms with van der Waals surface area (Å²) < 4.78 is 1.97. The number of rotatable bonds is 3. The standard InChI is InChI=1S/C20H18N4OS/c1-12-6-7-13(2)16(9-12)22-19(25)17-11-26-20(23-17)15-10-24(3)18-14(15)5-4-8-21-18/h4-11H,1-3H3,(H,22,25). The first-order valence-corrected chi connectivity index (χ1v) is 9.15. The van der Waals surface area contributed by atoms with E-state index in [0.29, 0.717) is 5.69 Å². The molecule has 0 atom stereocenters. The fraction of sp³-hybridized carbons (Fsp3) is 0.150. The van der Waals surface area contributed by atoms with Gasteiger partial charge in [0.05, 0.1) is 0 Å². The topological polar surface area (TPSA) is 59.8 Å². The molecule has 4 aromatic rings. The molecule has 0 fully saturated rings. The average molecular weight is 362 g/mol. The summed E-state index contributed by atoms with van der Waals surface area (Å²) in [4.78, 5) is 21.6. The van der Waals surface area contributed by atoms with Crippen LogP contribution in [0.1, 0.15) is 21.6 Å². The van der Waals surface area contributed by atoms with E-state index < -0.39 is 0 Å². The lowest BCUT2D eigenvalue weighted by Gasteiger charge is -2.07. The molecule has 0 spiro atoms. The first-order chi connectivity index (χ1) is 12.5. The minimum atomic E-state index is -0.195. The Labute approximate surface area is 155 Å². The molecular formula is C20H18N4OS. The van der Waals surface area contributed by atoms with Gasteiger partial charge in [-0.25, -0.2) is 9.97 Å². The molecule has 0 saturated carbocycles. The Morgan fingerprint density at radius 1 is 1.23 bits per heavy atom. The lowest BCUT2D eigenvalue weighted by Crippen LogP contribution is -2.13. The third-order valence-electron chi connectivity index (χ3n) is 4.34. The fourth-order valence-corrected chi connectivity index (χ4v) is 3.77. The number of carbonyl (C=O) groups excluding carboxylic acids is 1. The Morgan fingerprint density at radius 3 is 2.92 bits per heavy atom. The molecule has 0 aliphatic rings. The number of amides is 1. The van der Waals surface area contributed by atoms with Crippen molar-refractivity contribution < 1.29 is 4.79 Å². The number of anilines is 1. The van der Waals surface area contributed by atoms with Gasteiger partial charge < -0.3 is 9.88 Å². The van der Waals surface area contributed by atoms with Crippen molar-refractivity contribution in [3.63, 3.8) is 0 Å². The van der Waals surface area contributed by atoms with Crippen LogP contribution < -0.4 is 5.32 Å². The van der Waals surface area contributed by atoms with E-state index in [1.165, 1.54) is 11.3 Å². The number of hydrogen-bond acceptors (Lipinski definition) is 4. The van der Waals surface area contributed by atoms with E-state index >= 15 is 0 Å². The maximum Gasteiger partial charge on any atom is 0.275 e. The molecule has 5 nitrogen and oxygen atoms in total. The number of carbonyl (C=O) groups is 1. The number of aryl methyl sites for hydroxylation is 3. The highest BCUT2D eigenvalue weighted by atomic mass is 32.1. The highest BCUT2D eigenvalue weighted by Crippen LogP contribution is 2.31. The SMILES string of the molecule is Cc1ccc(C)c(NC(=O)c2csc(-c3cn(C)c4ncccc34)n2)c1. The van der Waals surface area contributed by atoms with Gasteiger partial charge in [0.2, 0.25) is 0 Å². The molecule has 1 amide bonds. The van der Waals surface area contributed by atoms with Crippen molar-refractivity contribution in [1.29, 1.82) is 0 Å². The van der Waals surface area contributed by atoms with Gasteiger partial charge in [0.1, 0.15) is 16.3 Å². The number of nitrogens with one attached hydrogen (secondary N) is 1. The lowest BCUT2D eigenvalue weighted by molar-refractivity contribution is 0.102. The van der Waals surface area contributed by atoms with Crippen LogP contribution >= 0.6 is 11.3 Å². The van der Waals surface area contributed by atoms with Crippen molar-refractivity contribution in [2.24, 2.45) is 7.05 Å². The second kappa shape index (κ2) is 6.38. The van der Waals surface area contributed by atoms with Crippen molar-refractivity contribution in [3.05, 3.63) is 64.9 Å². The van der Waals surface area contributed by atoms with Crippen LogP contribution in [0.25, 0.3) is 21.6 Å². The van der Waals surface area contributed by atoms with Gasteiger partial charge in [0.15, 0.2) is 0 Å². The molecule has 0 bridgehead atoms. The summed E-state index contributed by atoms with van der Waals surface area (Å²) in [6, 6.07) is 9.93. The van der Waals surface area contributed by atoms with Gasteiger partial charge in [-0.2, -0.15) is 0 Å². The number of benzene rings is 1. The van der Waals surface area contributed by atoms with Crippen LogP contribution in [0.2, 0.25) is 0 Å². The highest BCUT2D eigenvalue weighted by molar-refractivity contribution is 7.13. The Kier molecular flexibility index (Phi) is 4.05. The highest BCUT2D eigenvalue weighted by Gasteiger charge is 2.16. The number of pyridine rings is 1. The van der Waals surface area contributed by atoms with E-state index in [0.717, 1.165) is 38.4 Å². The monoisotopic (exact) mass is 362 g/mol. The van der Waals surface area contributed by atoms with Crippen LogP contribution in [0.15, 0.2) is 48.1 Å². The molecule has 0 radical (unpaired) electrons. The van der Waals surface area contributed by atoms with Crippen LogP contribution in [0.5, 0.6) is 0 Å². The molecule has 1 aromatic carbocycles. The first kappa shape index (κ1) is 16.5. The summed E-state index contributed by atoms with van der Waals surface area (Å²) >= 11 is 1.46. The van der Waals surface area contributed by atoms with E-state index in [-0.39, 0.29) is 5.91 Å². The van der Waals surface area contributed by atoms with E-state index in [2.05, 4.69) is 15.3 Å². The number of aromatic nitrogens is 3. The van der Waals surface area contributed by atoms with Gasteiger partial charge in [-0.3, -0.25) is 4.79 Å². The van der Waals surface area contributed by atoms with Gasteiger partial charge in [-0.05, 0) is 43.2 Å². The molecule has 0 unspecified atom stereocenters. The van der Waals surface area contributed by atoms with Crippen LogP contribution in [0, 0.1) is 13.8 Å². The number of hydrogen-bond donors (Lipinski definition) is 1. The average Bonchev–Trinajstić information content (AvgIpc) is 3.24. The Hall–Kier alpha value is -2.99. The number of thiazole rings is 1. The maximum atomic E-state index is 12.6. The molecule has 0 aliphatic carbocycles. The van der Waals surface area contributed by atoms with Crippen LogP contribution in [-0.4, -0.2) is 20.4 Å². The van der Waals surface area contributed by atoms with E-state index in [1.807, 2.05) is 62.0 Å². The zero-order valence-electron chi connectivity index (χ0n) is 14.8. The van der Waals surface area contributed by atoms with Crippen molar-refractivity contribution in [2.75, 3.05) is 5.32 Å². The third kappa shape index (κ3) is 2.88. The Bertz CT molecular complexity index is 1130. The summed E-state index contributed by atoms with van der Waals surface area (Å²) in [5.74, 6) is -0.195. The minimum Gasteiger partial charge on any atom is -0.335 e. The normalized spacial score (nSPS) is 11.0. The summed E-state index contributed by atoms with van der Waals surface area (Å²) in [6.07, 6.45) is 3.78. The zero-order valence-corrected chi connectivity index (χ0v) is 15.6. The molecule has 130 valence electrons. The number of nitrogens with zero attached hydrogens (tertiary/aromatic N) is 3. The molecule has 1 N–H and O–H groups in total. The van der Waals surface area contributed by atoms with Gasteiger partial charge >= 0.3 is 0 Å². The van der Waals surface area contributed by atoms with Gasteiger partial charge in [0, 0.05) is 41.5 Å². The summed E-state index contributed by atoms with van der Waals surface area (Å²) in [6.45, 7) is 3.98. The molecule has 0 saturated heterocycles. The van der Waals surface area contributed by atoms with Crippen molar-refractivity contribution in [1.82, 2.24) is 14.5 Å². The summed E-state index contributed by atoms with van der Waals surface area (Å²) in [5, 5.41) is 6.61. The van der Waals surface area contributed by atoms with Gasteiger partial charge in [0.25, 0.3) is 5.91 Å². The molecule has 6 heteroatoms. The maximum absolute atomic E-state index is 12.6. The van der Waals surface area contributed by atoms with Crippen LogP contribution in [-0.2, 0) is 7.05 Å². The Balaban J connectivity index is 1.65. The smallest absolute Gasteiger partial charge is 0.275 e. The second-order valence-electron chi connectivity index (χ2n) is 6.34. The molecule has 26 heavy (non-hydrogen) atoms. The van der Waals surface area contributed by atoms with Gasteiger partial charge in [-0.15, -0.1) is 11.3 Å². The second-order valence-corrected chi connectivity index (χ2v) is 7.20.